The van der Waals surface area contributed by atoms with Crippen LogP contribution >= 0.6 is 0 Å². The van der Waals surface area contributed by atoms with Crippen molar-refractivity contribution in [3.8, 4) is 0 Å². The summed E-state index contributed by atoms with van der Waals surface area (Å²) in [4.78, 5) is 12.1. The van der Waals surface area contributed by atoms with Crippen LogP contribution in [0.2, 0.25) is 0 Å². The standard InChI is InChI=1S/C14H16O/c15-13-7-12-8-3-1-5-10(8)14(13)11-6-2-4-9(11)12/h1,5,8,10,12,14H,2-4,6-7H2/t8-,10+,12+,14-/m1/s1. The molecule has 0 heterocycles. The van der Waals surface area contributed by atoms with E-state index in [1.165, 1.54) is 25.7 Å². The molecule has 1 saturated carbocycles. The van der Waals surface area contributed by atoms with E-state index in [1.54, 1.807) is 11.1 Å². The van der Waals surface area contributed by atoms with Gasteiger partial charge in [-0.15, -0.1) is 0 Å². The quantitative estimate of drug-likeness (QED) is 0.549. The average molecular weight is 200 g/mol. The molecule has 0 aromatic carbocycles. The Bertz CT molecular complexity index is 402. The van der Waals surface area contributed by atoms with Gasteiger partial charge in [-0.3, -0.25) is 4.79 Å². The van der Waals surface area contributed by atoms with Gasteiger partial charge in [0.05, 0.1) is 0 Å². The first-order valence-corrected chi connectivity index (χ1v) is 6.27. The molecule has 0 amide bonds. The number of hydrogen-bond donors (Lipinski definition) is 0. The Morgan fingerprint density at radius 2 is 2.07 bits per heavy atom. The van der Waals surface area contributed by atoms with Gasteiger partial charge >= 0.3 is 0 Å². The maximum absolute atomic E-state index is 12.1. The summed E-state index contributed by atoms with van der Waals surface area (Å²) in [5.41, 5.74) is 3.29. The molecule has 0 unspecified atom stereocenters. The van der Waals surface area contributed by atoms with Crippen molar-refractivity contribution in [2.45, 2.75) is 32.1 Å². The van der Waals surface area contributed by atoms with Crippen LogP contribution in [-0.2, 0) is 4.79 Å². The van der Waals surface area contributed by atoms with Crippen LogP contribution < -0.4 is 0 Å². The smallest absolute Gasteiger partial charge is 0.141 e. The van der Waals surface area contributed by atoms with Crippen molar-refractivity contribution in [2.75, 3.05) is 0 Å². The van der Waals surface area contributed by atoms with Gasteiger partial charge in [-0.2, -0.15) is 0 Å². The molecule has 0 saturated heterocycles. The van der Waals surface area contributed by atoms with E-state index in [1.807, 2.05) is 0 Å². The fourth-order valence-electron chi connectivity index (χ4n) is 4.57. The van der Waals surface area contributed by atoms with E-state index >= 15 is 0 Å². The highest BCUT2D eigenvalue weighted by Gasteiger charge is 2.52. The van der Waals surface area contributed by atoms with Gasteiger partial charge in [0.25, 0.3) is 0 Å². The van der Waals surface area contributed by atoms with Crippen LogP contribution in [0.15, 0.2) is 23.3 Å². The van der Waals surface area contributed by atoms with Gasteiger partial charge in [0.1, 0.15) is 5.78 Å². The summed E-state index contributed by atoms with van der Waals surface area (Å²) in [6, 6.07) is 0. The summed E-state index contributed by atoms with van der Waals surface area (Å²) in [6.07, 6.45) is 10.6. The number of Topliss-reactive ketones (excluding diaryl/α,β-unsaturated/α-hetero) is 1. The molecular weight excluding hydrogens is 184 g/mol. The molecule has 0 spiro atoms. The van der Waals surface area contributed by atoms with Crippen LogP contribution in [-0.4, -0.2) is 5.78 Å². The monoisotopic (exact) mass is 200 g/mol. The Labute approximate surface area is 90.2 Å². The fourth-order valence-corrected chi connectivity index (χ4v) is 4.57. The van der Waals surface area contributed by atoms with Gasteiger partial charge in [-0.1, -0.05) is 23.3 Å². The molecular formula is C14H16O. The number of rotatable bonds is 0. The molecule has 0 radical (unpaired) electrons. The summed E-state index contributed by atoms with van der Waals surface area (Å²) < 4.78 is 0. The van der Waals surface area contributed by atoms with Crippen molar-refractivity contribution in [1.29, 1.82) is 0 Å². The first-order valence-electron chi connectivity index (χ1n) is 6.27. The molecule has 1 heteroatoms. The van der Waals surface area contributed by atoms with E-state index in [4.69, 9.17) is 0 Å². The average Bonchev–Trinajstić information content (AvgIpc) is 2.84. The highest BCUT2D eigenvalue weighted by Crippen LogP contribution is 2.58. The van der Waals surface area contributed by atoms with Crippen molar-refractivity contribution >= 4 is 5.78 Å². The Balaban J connectivity index is 1.89. The van der Waals surface area contributed by atoms with E-state index < -0.39 is 0 Å². The molecule has 0 aliphatic heterocycles. The molecule has 0 aromatic rings. The Morgan fingerprint density at radius 1 is 1.20 bits per heavy atom. The lowest BCUT2D eigenvalue weighted by molar-refractivity contribution is -0.128. The largest absolute Gasteiger partial charge is 0.299 e. The molecule has 5 aliphatic rings. The van der Waals surface area contributed by atoms with Crippen LogP contribution in [0.3, 0.4) is 0 Å². The molecule has 1 fully saturated rings. The van der Waals surface area contributed by atoms with E-state index in [9.17, 15) is 4.79 Å². The highest BCUT2D eigenvalue weighted by atomic mass is 16.1. The molecule has 2 bridgehead atoms. The highest BCUT2D eigenvalue weighted by molar-refractivity contribution is 5.88. The maximum Gasteiger partial charge on any atom is 0.141 e. The summed E-state index contributed by atoms with van der Waals surface area (Å²) in [5, 5.41) is 0. The predicted octanol–water partition coefficient (Wildman–Crippen LogP) is 2.88. The Hall–Kier alpha value is -0.850. The minimum atomic E-state index is 0.316. The van der Waals surface area contributed by atoms with Crippen LogP contribution in [0.25, 0.3) is 0 Å². The minimum absolute atomic E-state index is 0.316. The van der Waals surface area contributed by atoms with Crippen molar-refractivity contribution in [3.63, 3.8) is 0 Å². The molecule has 5 aliphatic carbocycles. The molecule has 0 aromatic heterocycles. The van der Waals surface area contributed by atoms with Crippen LogP contribution in [0.4, 0.5) is 0 Å². The second-order valence-electron chi connectivity index (χ2n) is 5.56. The summed E-state index contributed by atoms with van der Waals surface area (Å²) in [7, 11) is 0. The molecule has 0 N–H and O–H groups in total. The summed E-state index contributed by atoms with van der Waals surface area (Å²) >= 11 is 0. The summed E-state index contributed by atoms with van der Waals surface area (Å²) in [5.74, 6) is 2.89. The van der Waals surface area contributed by atoms with Crippen molar-refractivity contribution < 1.29 is 4.79 Å². The number of allylic oxidation sites excluding steroid dienone is 4. The van der Waals surface area contributed by atoms with Crippen molar-refractivity contribution in [3.05, 3.63) is 23.3 Å². The lowest BCUT2D eigenvalue weighted by atomic mass is 9.57. The second kappa shape index (κ2) is 2.63. The molecule has 4 atom stereocenters. The number of ketones is 1. The number of carbonyl (C=O) groups is 1. The van der Waals surface area contributed by atoms with E-state index in [-0.39, 0.29) is 0 Å². The predicted molar refractivity (Wildman–Crippen MR) is 58.2 cm³/mol. The van der Waals surface area contributed by atoms with E-state index in [2.05, 4.69) is 12.2 Å². The van der Waals surface area contributed by atoms with Crippen molar-refractivity contribution in [2.24, 2.45) is 23.7 Å². The van der Waals surface area contributed by atoms with Gasteiger partial charge < -0.3 is 0 Å². The molecule has 1 nitrogen and oxygen atoms in total. The van der Waals surface area contributed by atoms with Crippen LogP contribution in [0.1, 0.15) is 32.1 Å². The lowest BCUT2D eigenvalue weighted by Gasteiger charge is -2.45. The third-order valence-electron chi connectivity index (χ3n) is 5.06. The fraction of sp³-hybridized carbons (Fsp3) is 0.643. The third kappa shape index (κ3) is 0.878. The SMILES string of the molecule is O=C1C[C@@H]2C3=C(CCC3)[C@H]1[C@H]1C=CC[C@H]12. The van der Waals surface area contributed by atoms with Gasteiger partial charge in [-0.25, -0.2) is 0 Å². The van der Waals surface area contributed by atoms with Crippen LogP contribution in [0, 0.1) is 23.7 Å². The zero-order valence-corrected chi connectivity index (χ0v) is 8.91. The minimum Gasteiger partial charge on any atom is -0.299 e. The molecule has 78 valence electrons. The van der Waals surface area contributed by atoms with Gasteiger partial charge in [0.15, 0.2) is 0 Å². The van der Waals surface area contributed by atoms with Gasteiger partial charge in [0, 0.05) is 12.3 Å². The zero-order valence-electron chi connectivity index (χ0n) is 8.91. The first kappa shape index (κ1) is 8.32. The number of fused-ring (bicyclic) bond motifs is 1. The Kier molecular flexibility index (Phi) is 1.46. The van der Waals surface area contributed by atoms with E-state index in [0.717, 1.165) is 12.3 Å². The summed E-state index contributed by atoms with van der Waals surface area (Å²) in [6.45, 7) is 0. The molecule has 15 heavy (non-hydrogen) atoms. The van der Waals surface area contributed by atoms with Gasteiger partial charge in [-0.05, 0) is 43.4 Å². The Morgan fingerprint density at radius 3 is 3.00 bits per heavy atom. The maximum atomic E-state index is 12.1. The zero-order chi connectivity index (χ0) is 9.99. The first-order chi connectivity index (χ1) is 7.36. The topological polar surface area (TPSA) is 17.1 Å². The van der Waals surface area contributed by atoms with Crippen LogP contribution in [0.5, 0.6) is 0 Å². The van der Waals surface area contributed by atoms with Gasteiger partial charge in [0.2, 0.25) is 0 Å². The van der Waals surface area contributed by atoms with Crippen molar-refractivity contribution in [1.82, 2.24) is 0 Å². The van der Waals surface area contributed by atoms with E-state index in [0.29, 0.717) is 23.5 Å². The number of carbonyl (C=O) groups excluding carboxylic acids is 1. The third-order valence-corrected chi connectivity index (χ3v) is 5.06. The number of hydrogen-bond acceptors (Lipinski definition) is 1. The molecule has 5 rings (SSSR count). The lowest BCUT2D eigenvalue weighted by Crippen LogP contribution is -2.44. The second-order valence-corrected chi connectivity index (χ2v) is 5.56. The normalized spacial score (nSPS) is 46.3.